The summed E-state index contributed by atoms with van der Waals surface area (Å²) in [5, 5.41) is 0. The van der Waals surface area contributed by atoms with Crippen LogP contribution in [-0.2, 0) is 4.79 Å². The second kappa shape index (κ2) is 8.85. The van der Waals surface area contributed by atoms with Crippen molar-refractivity contribution in [2.24, 2.45) is 11.7 Å². The molecule has 0 radical (unpaired) electrons. The fraction of sp³-hybridized carbons (Fsp3) is 0.462. The van der Waals surface area contributed by atoms with Gasteiger partial charge in [-0.25, -0.2) is 0 Å². The maximum absolute atomic E-state index is 12.8. The Morgan fingerprint density at radius 3 is 2.59 bits per heavy atom. The van der Waals surface area contributed by atoms with Crippen LogP contribution in [0.2, 0.25) is 0 Å². The largest absolute Gasteiger partial charge is 0.489 e. The normalized spacial score (nSPS) is 21.2. The number of benzene rings is 2. The van der Waals surface area contributed by atoms with Crippen LogP contribution in [0.4, 0.5) is 5.69 Å². The summed E-state index contributed by atoms with van der Waals surface area (Å²) in [5.74, 6) is 1.89. The monoisotopic (exact) mass is 434 g/mol. The second-order valence-corrected chi connectivity index (χ2v) is 9.30. The molecule has 32 heavy (non-hydrogen) atoms. The summed E-state index contributed by atoms with van der Waals surface area (Å²) >= 11 is 0. The zero-order chi connectivity index (χ0) is 22.1. The van der Waals surface area contributed by atoms with Gasteiger partial charge in [0.05, 0.1) is 12.7 Å². The van der Waals surface area contributed by atoms with E-state index in [1.54, 1.807) is 23.1 Å². The van der Waals surface area contributed by atoms with E-state index < -0.39 is 5.91 Å². The number of anilines is 1. The molecule has 1 aliphatic heterocycles. The van der Waals surface area contributed by atoms with Crippen LogP contribution < -0.4 is 20.1 Å². The van der Waals surface area contributed by atoms with Crippen LogP contribution in [0.1, 0.15) is 66.8 Å². The third-order valence-electron chi connectivity index (χ3n) is 6.77. The molecule has 2 aliphatic carbocycles. The Kier molecular flexibility index (Phi) is 5.77. The lowest BCUT2D eigenvalue weighted by Crippen LogP contribution is -2.24. The first-order chi connectivity index (χ1) is 15.6. The topological polar surface area (TPSA) is 81.9 Å². The maximum atomic E-state index is 12.8. The van der Waals surface area contributed by atoms with E-state index in [1.165, 1.54) is 25.7 Å². The Bertz CT molecular complexity index is 1010. The molecular formula is C26H30N2O4. The van der Waals surface area contributed by atoms with Crippen molar-refractivity contribution in [1.29, 1.82) is 0 Å². The van der Waals surface area contributed by atoms with Gasteiger partial charge in [0.15, 0.2) is 11.5 Å². The van der Waals surface area contributed by atoms with Crippen LogP contribution in [0, 0.1) is 5.92 Å². The molecule has 2 aromatic rings. The highest BCUT2D eigenvalue weighted by atomic mass is 16.5. The summed E-state index contributed by atoms with van der Waals surface area (Å²) < 4.78 is 12.5. The first-order valence-corrected chi connectivity index (χ1v) is 11.7. The van der Waals surface area contributed by atoms with Crippen molar-refractivity contribution in [3.63, 3.8) is 0 Å². The average molecular weight is 435 g/mol. The first-order valence-electron chi connectivity index (χ1n) is 11.7. The highest BCUT2D eigenvalue weighted by molar-refractivity contribution is 5.99. The summed E-state index contributed by atoms with van der Waals surface area (Å²) in [5.41, 5.74) is 7.61. The molecule has 2 amide bonds. The number of hydrogen-bond donors (Lipinski definition) is 1. The van der Waals surface area contributed by atoms with Crippen LogP contribution >= 0.6 is 0 Å². The molecule has 2 N–H and O–H groups in total. The van der Waals surface area contributed by atoms with Crippen LogP contribution in [0.15, 0.2) is 42.5 Å². The summed E-state index contributed by atoms with van der Waals surface area (Å²) in [7, 11) is 0. The molecule has 5 rings (SSSR count). The molecule has 2 saturated carbocycles. The van der Waals surface area contributed by atoms with Crippen LogP contribution in [0.3, 0.4) is 0 Å². The van der Waals surface area contributed by atoms with Crippen LogP contribution in [-0.4, -0.2) is 31.1 Å². The lowest BCUT2D eigenvalue weighted by Gasteiger charge is -2.20. The van der Waals surface area contributed by atoms with Gasteiger partial charge < -0.3 is 20.1 Å². The number of carbonyl (C=O) groups excluding carboxylic acids is 2. The lowest BCUT2D eigenvalue weighted by atomic mass is 9.98. The van der Waals surface area contributed by atoms with Crippen molar-refractivity contribution in [2.45, 2.75) is 57.0 Å². The number of ether oxygens (including phenoxy) is 2. The van der Waals surface area contributed by atoms with Gasteiger partial charge in [-0.3, -0.25) is 9.59 Å². The minimum atomic E-state index is -0.495. The predicted molar refractivity (Wildman–Crippen MR) is 122 cm³/mol. The van der Waals surface area contributed by atoms with Crippen molar-refractivity contribution in [3.8, 4) is 11.5 Å². The molecule has 1 saturated heterocycles. The van der Waals surface area contributed by atoms with E-state index in [0.29, 0.717) is 30.1 Å². The summed E-state index contributed by atoms with van der Waals surface area (Å²) in [6, 6.07) is 13.1. The van der Waals surface area contributed by atoms with Gasteiger partial charge in [-0.2, -0.15) is 0 Å². The van der Waals surface area contributed by atoms with Gasteiger partial charge in [-0.05, 0) is 80.3 Å². The number of nitrogens with zero attached hydrogens (tertiary/aromatic N) is 1. The van der Waals surface area contributed by atoms with E-state index in [9.17, 15) is 9.59 Å². The minimum Gasteiger partial charge on any atom is -0.489 e. The van der Waals surface area contributed by atoms with Crippen molar-refractivity contribution in [3.05, 3.63) is 53.6 Å². The van der Waals surface area contributed by atoms with E-state index in [4.69, 9.17) is 15.2 Å². The Labute approximate surface area is 188 Å². The fourth-order valence-electron chi connectivity index (χ4n) is 4.68. The number of rotatable bonds is 8. The Morgan fingerprint density at radius 1 is 1.03 bits per heavy atom. The number of nitrogens with two attached hydrogens (primary N) is 1. The summed E-state index contributed by atoms with van der Waals surface area (Å²) in [6.07, 6.45) is 7.73. The summed E-state index contributed by atoms with van der Waals surface area (Å²) in [6.45, 7) is 1.30. The number of hydrogen-bond acceptors (Lipinski definition) is 4. The number of carbonyl (C=O) groups is 2. The van der Waals surface area contributed by atoms with Gasteiger partial charge in [-0.15, -0.1) is 0 Å². The standard InChI is InChI=1S/C26H30N2O4/c27-26(30)19-4-3-5-21(12-19)28-15-20(14-25(28)29)18-10-11-23(31-16-17-8-9-17)24(13-18)32-22-6-1-2-7-22/h3-5,10-13,17,20,22H,1-2,6-9,14-16H2,(H2,27,30). The van der Waals surface area contributed by atoms with Gasteiger partial charge in [0.1, 0.15) is 0 Å². The molecule has 1 atom stereocenters. The third kappa shape index (κ3) is 4.59. The van der Waals surface area contributed by atoms with Gasteiger partial charge in [0.2, 0.25) is 11.8 Å². The maximum Gasteiger partial charge on any atom is 0.248 e. The number of primary amides is 1. The second-order valence-electron chi connectivity index (χ2n) is 9.30. The molecule has 2 aromatic carbocycles. The molecular weight excluding hydrogens is 404 g/mol. The SMILES string of the molecule is NC(=O)c1cccc(N2CC(c3ccc(OCC4CC4)c(OC4CCCC4)c3)CC2=O)c1. The Morgan fingerprint density at radius 2 is 1.84 bits per heavy atom. The van der Waals surface area contributed by atoms with Gasteiger partial charge >= 0.3 is 0 Å². The number of amides is 2. The highest BCUT2D eigenvalue weighted by Gasteiger charge is 2.33. The van der Waals surface area contributed by atoms with Gasteiger partial charge in [-0.1, -0.05) is 12.1 Å². The smallest absolute Gasteiger partial charge is 0.248 e. The van der Waals surface area contributed by atoms with E-state index >= 15 is 0 Å². The molecule has 0 bridgehead atoms. The average Bonchev–Trinajstić information content (AvgIpc) is 3.33. The quantitative estimate of drug-likeness (QED) is 0.667. The summed E-state index contributed by atoms with van der Waals surface area (Å²) in [4.78, 5) is 26.1. The van der Waals surface area contributed by atoms with E-state index in [1.807, 2.05) is 12.1 Å². The minimum absolute atomic E-state index is 0.0453. The highest BCUT2D eigenvalue weighted by Crippen LogP contribution is 2.39. The lowest BCUT2D eigenvalue weighted by molar-refractivity contribution is -0.117. The first kappa shape index (κ1) is 20.9. The van der Waals surface area contributed by atoms with E-state index in [2.05, 4.69) is 12.1 Å². The van der Waals surface area contributed by atoms with Gasteiger partial charge in [0, 0.05) is 30.1 Å². The van der Waals surface area contributed by atoms with Crippen LogP contribution in [0.25, 0.3) is 0 Å². The fourth-order valence-corrected chi connectivity index (χ4v) is 4.68. The zero-order valence-corrected chi connectivity index (χ0v) is 18.3. The van der Waals surface area contributed by atoms with E-state index in [-0.39, 0.29) is 17.9 Å². The van der Waals surface area contributed by atoms with Gasteiger partial charge in [0.25, 0.3) is 0 Å². The molecule has 6 nitrogen and oxygen atoms in total. The molecule has 3 fully saturated rings. The van der Waals surface area contributed by atoms with Crippen molar-refractivity contribution in [1.82, 2.24) is 0 Å². The Hall–Kier alpha value is -3.02. The molecule has 1 heterocycles. The zero-order valence-electron chi connectivity index (χ0n) is 18.3. The van der Waals surface area contributed by atoms with Crippen LogP contribution in [0.5, 0.6) is 11.5 Å². The molecule has 6 heteroatoms. The molecule has 0 spiro atoms. The van der Waals surface area contributed by atoms with Crippen molar-refractivity contribution in [2.75, 3.05) is 18.1 Å². The molecule has 0 aromatic heterocycles. The Balaban J connectivity index is 1.35. The van der Waals surface area contributed by atoms with Crippen molar-refractivity contribution < 1.29 is 19.1 Å². The van der Waals surface area contributed by atoms with E-state index in [0.717, 1.165) is 36.5 Å². The molecule has 168 valence electrons. The molecule has 1 unspecified atom stereocenters. The van der Waals surface area contributed by atoms with Crippen molar-refractivity contribution >= 4 is 17.5 Å². The predicted octanol–water partition coefficient (Wildman–Crippen LogP) is 4.42. The third-order valence-corrected chi connectivity index (χ3v) is 6.77. The molecule has 3 aliphatic rings.